The maximum Gasteiger partial charge on any atom is 0.471 e. The van der Waals surface area contributed by atoms with E-state index < -0.39 is 12.1 Å². The Hall–Kier alpha value is -2.87. The molecule has 2 unspecified atom stereocenters. The molecule has 0 N–H and O–H groups in total. The molecule has 2 saturated carbocycles. The van der Waals surface area contributed by atoms with Gasteiger partial charge >= 0.3 is 18.1 Å². The molecular formula is C29H33F3N2O3. The molecule has 2 aromatic carbocycles. The van der Waals surface area contributed by atoms with Crippen LogP contribution in [0.15, 0.2) is 54.6 Å². The van der Waals surface area contributed by atoms with E-state index in [0.717, 1.165) is 43.6 Å². The number of amides is 1. The molecule has 1 aliphatic heterocycles. The Balaban J connectivity index is 1.09. The van der Waals surface area contributed by atoms with Gasteiger partial charge in [0.25, 0.3) is 0 Å². The smallest absolute Gasteiger partial charge is 0.462 e. The maximum atomic E-state index is 13.4. The lowest BCUT2D eigenvalue weighted by Gasteiger charge is -2.61. The van der Waals surface area contributed by atoms with E-state index in [2.05, 4.69) is 4.90 Å². The molecule has 1 heterocycles. The topological polar surface area (TPSA) is 49.9 Å². The predicted octanol–water partition coefficient (Wildman–Crippen LogP) is 5.21. The normalized spacial score (nSPS) is 22.7. The van der Waals surface area contributed by atoms with Crippen LogP contribution >= 0.6 is 0 Å². The van der Waals surface area contributed by atoms with Gasteiger partial charge in [0.05, 0.1) is 12.2 Å². The van der Waals surface area contributed by atoms with Gasteiger partial charge in [-0.1, -0.05) is 42.5 Å². The van der Waals surface area contributed by atoms with Crippen LogP contribution in [0.2, 0.25) is 0 Å². The number of benzene rings is 2. The van der Waals surface area contributed by atoms with Gasteiger partial charge < -0.3 is 14.5 Å². The third-order valence-electron chi connectivity index (χ3n) is 8.07. The third-order valence-corrected chi connectivity index (χ3v) is 8.07. The molecule has 2 aromatic rings. The van der Waals surface area contributed by atoms with Crippen LogP contribution in [-0.2, 0) is 16.0 Å². The molecule has 1 saturated heterocycles. The molecule has 1 amide bonds. The lowest BCUT2D eigenvalue weighted by atomic mass is 9.60. The molecule has 8 heteroatoms. The Labute approximate surface area is 215 Å². The van der Waals surface area contributed by atoms with Gasteiger partial charge in [-0.2, -0.15) is 13.2 Å². The second-order valence-electron chi connectivity index (χ2n) is 10.8. The molecule has 0 radical (unpaired) electrons. The lowest BCUT2D eigenvalue weighted by Crippen LogP contribution is -2.68. The fourth-order valence-corrected chi connectivity index (χ4v) is 6.27. The largest absolute Gasteiger partial charge is 0.471 e. The third kappa shape index (κ3) is 5.54. The van der Waals surface area contributed by atoms with Gasteiger partial charge in [-0.05, 0) is 74.2 Å². The molecule has 198 valence electrons. The second-order valence-corrected chi connectivity index (χ2v) is 10.8. The first-order chi connectivity index (χ1) is 17.7. The Morgan fingerprint density at radius 2 is 1.73 bits per heavy atom. The van der Waals surface area contributed by atoms with Crippen LogP contribution in [0.5, 0.6) is 0 Å². The van der Waals surface area contributed by atoms with Crippen LogP contribution in [0.4, 0.5) is 13.2 Å². The van der Waals surface area contributed by atoms with Gasteiger partial charge in [0.15, 0.2) is 0 Å². The lowest BCUT2D eigenvalue weighted by molar-refractivity contribution is -0.197. The summed E-state index contributed by atoms with van der Waals surface area (Å²) in [7, 11) is 0. The maximum absolute atomic E-state index is 13.4. The van der Waals surface area contributed by atoms with Crippen LogP contribution in [0.3, 0.4) is 0 Å². The summed E-state index contributed by atoms with van der Waals surface area (Å²) in [6.07, 6.45) is -1.07. The van der Waals surface area contributed by atoms with Crippen LogP contribution in [0, 0.1) is 5.41 Å². The molecule has 5 rings (SSSR count). The van der Waals surface area contributed by atoms with Crippen LogP contribution in [0.25, 0.3) is 0 Å². The highest BCUT2D eigenvalue weighted by molar-refractivity contribution is 5.89. The Morgan fingerprint density at radius 3 is 2.35 bits per heavy atom. The van der Waals surface area contributed by atoms with Gasteiger partial charge in [-0.15, -0.1) is 0 Å². The zero-order chi connectivity index (χ0) is 26.2. The van der Waals surface area contributed by atoms with Gasteiger partial charge in [-0.3, -0.25) is 4.79 Å². The highest BCUT2D eigenvalue weighted by Crippen LogP contribution is 2.55. The molecule has 3 fully saturated rings. The number of nitrogens with zero attached hydrogens (tertiary/aromatic N) is 2. The van der Waals surface area contributed by atoms with E-state index in [1.54, 1.807) is 19.1 Å². The Bertz CT molecular complexity index is 1110. The first-order valence-corrected chi connectivity index (χ1v) is 13.1. The summed E-state index contributed by atoms with van der Waals surface area (Å²) in [6.45, 7) is 4.82. The quantitative estimate of drug-likeness (QED) is 0.432. The van der Waals surface area contributed by atoms with Crippen molar-refractivity contribution in [3.63, 3.8) is 0 Å². The minimum atomic E-state index is -4.84. The van der Waals surface area contributed by atoms with Gasteiger partial charge in [0.1, 0.15) is 0 Å². The van der Waals surface area contributed by atoms with E-state index in [9.17, 15) is 22.8 Å². The first kappa shape index (κ1) is 25.8. The van der Waals surface area contributed by atoms with Gasteiger partial charge in [0.2, 0.25) is 0 Å². The molecule has 3 aliphatic rings. The molecule has 2 aliphatic carbocycles. The number of aryl methyl sites for hydroxylation is 1. The van der Waals surface area contributed by atoms with E-state index in [0.29, 0.717) is 31.4 Å². The summed E-state index contributed by atoms with van der Waals surface area (Å²) in [5.74, 6) is -2.00. The second kappa shape index (κ2) is 10.1. The molecule has 1 spiro atoms. The minimum Gasteiger partial charge on any atom is -0.462 e. The predicted molar refractivity (Wildman–Crippen MR) is 133 cm³/mol. The molecular weight excluding hydrogens is 481 g/mol. The first-order valence-electron chi connectivity index (χ1n) is 13.1. The van der Waals surface area contributed by atoms with E-state index in [4.69, 9.17) is 4.74 Å². The van der Waals surface area contributed by atoms with E-state index in [1.165, 1.54) is 4.90 Å². The highest BCUT2D eigenvalue weighted by Gasteiger charge is 2.60. The summed E-state index contributed by atoms with van der Waals surface area (Å²) in [5, 5.41) is 0. The number of rotatable bonds is 9. The number of carbonyl (C=O) groups excluding carboxylic acids is 2. The van der Waals surface area contributed by atoms with Gasteiger partial charge in [-0.25, -0.2) is 4.79 Å². The number of carbonyl (C=O) groups is 2. The summed E-state index contributed by atoms with van der Waals surface area (Å²) in [5.41, 5.74) is 2.76. The number of likely N-dealkylation sites (tertiary alicyclic amines) is 1. The van der Waals surface area contributed by atoms with Crippen molar-refractivity contribution in [1.82, 2.24) is 9.80 Å². The number of hydrogen-bond donors (Lipinski definition) is 0. The number of alkyl halides is 3. The summed E-state index contributed by atoms with van der Waals surface area (Å²) >= 11 is 0. The van der Waals surface area contributed by atoms with Crippen molar-refractivity contribution in [2.75, 3.05) is 26.2 Å². The van der Waals surface area contributed by atoms with Crippen molar-refractivity contribution in [1.29, 1.82) is 0 Å². The van der Waals surface area contributed by atoms with Gasteiger partial charge in [0, 0.05) is 31.1 Å². The van der Waals surface area contributed by atoms with E-state index >= 15 is 0 Å². The molecule has 37 heavy (non-hydrogen) atoms. The molecule has 5 nitrogen and oxygen atoms in total. The summed E-state index contributed by atoms with van der Waals surface area (Å²) < 4.78 is 45.3. The van der Waals surface area contributed by atoms with Crippen LogP contribution in [0.1, 0.15) is 60.0 Å². The van der Waals surface area contributed by atoms with Crippen molar-refractivity contribution < 1.29 is 27.5 Å². The SMILES string of the molecule is CCOC(=O)c1ccc(CCCN2CC3(CC(N(C(=O)C(F)(F)F)C4CC4c4ccccc4)C3)C2)cc1. The summed E-state index contributed by atoms with van der Waals surface area (Å²) in [4.78, 5) is 27.7. The highest BCUT2D eigenvalue weighted by atomic mass is 19.4. The Kier molecular flexibility index (Phi) is 7.05. The number of hydrogen-bond acceptors (Lipinski definition) is 4. The van der Waals surface area contributed by atoms with Crippen LogP contribution in [-0.4, -0.2) is 66.2 Å². The average Bonchev–Trinajstić information content (AvgIpc) is 3.62. The zero-order valence-electron chi connectivity index (χ0n) is 21.0. The van der Waals surface area contributed by atoms with E-state index in [1.807, 2.05) is 42.5 Å². The van der Waals surface area contributed by atoms with Crippen LogP contribution < -0.4 is 0 Å². The molecule has 0 bridgehead atoms. The molecule has 2 atom stereocenters. The fraction of sp³-hybridized carbons (Fsp3) is 0.517. The number of ether oxygens (including phenoxy) is 1. The Morgan fingerprint density at radius 1 is 1.05 bits per heavy atom. The minimum absolute atomic E-state index is 0.00621. The van der Waals surface area contributed by atoms with Crippen molar-refractivity contribution >= 4 is 11.9 Å². The van der Waals surface area contributed by atoms with Crippen molar-refractivity contribution in [3.8, 4) is 0 Å². The number of esters is 1. The standard InChI is InChI=1S/C29H33F3N2O3/c1-2-37-26(35)22-12-10-20(11-13-22)7-6-14-33-18-28(19-33)16-23(17-28)34(27(36)29(30,31)32)25-15-24(25)21-8-4-3-5-9-21/h3-5,8-13,23-25H,2,6-7,14-19H2,1H3. The van der Waals surface area contributed by atoms with E-state index in [-0.39, 0.29) is 29.4 Å². The number of halogens is 3. The monoisotopic (exact) mass is 514 g/mol. The average molecular weight is 515 g/mol. The zero-order valence-corrected chi connectivity index (χ0v) is 21.0. The summed E-state index contributed by atoms with van der Waals surface area (Å²) in [6, 6.07) is 16.3. The van der Waals surface area contributed by atoms with Crippen molar-refractivity contribution in [2.24, 2.45) is 5.41 Å². The van der Waals surface area contributed by atoms with Crippen molar-refractivity contribution in [2.45, 2.75) is 63.2 Å². The van der Waals surface area contributed by atoms with Crippen molar-refractivity contribution in [3.05, 3.63) is 71.3 Å². The fourth-order valence-electron chi connectivity index (χ4n) is 6.27. The molecule has 0 aromatic heterocycles.